The fourth-order valence-corrected chi connectivity index (χ4v) is 2.86. The molecule has 1 aromatic rings. The molecule has 0 spiro atoms. The van der Waals surface area contributed by atoms with Crippen LogP contribution in [0.4, 0.5) is 0 Å². The number of aliphatic hydroxyl groups excluding tert-OH is 1. The van der Waals surface area contributed by atoms with E-state index in [0.29, 0.717) is 11.8 Å². The first-order valence-electron chi connectivity index (χ1n) is 4.00. The highest BCUT2D eigenvalue weighted by atomic mass is 79.9. The number of halogens is 1. The maximum atomic E-state index is 9.15. The summed E-state index contributed by atoms with van der Waals surface area (Å²) in [6.45, 7) is 4.51. The number of rotatable bonds is 3. The third kappa shape index (κ3) is 2.31. The number of thiophene rings is 1. The predicted octanol–water partition coefficient (Wildman–Crippen LogP) is 3.24. The lowest BCUT2D eigenvalue weighted by molar-refractivity contribution is 0.239. The van der Waals surface area contributed by atoms with Crippen LogP contribution in [0.2, 0.25) is 0 Å². The minimum atomic E-state index is 0.241. The molecular formula is C9H13BrOS. The Labute approximate surface area is 85.6 Å². The van der Waals surface area contributed by atoms with Crippen LogP contribution < -0.4 is 0 Å². The lowest BCUT2D eigenvalue weighted by Crippen LogP contribution is -2.09. The molecule has 3 heteroatoms. The summed E-state index contributed by atoms with van der Waals surface area (Å²) in [5.74, 6) is 0.793. The van der Waals surface area contributed by atoms with Crippen molar-refractivity contribution < 1.29 is 5.11 Å². The third-order valence-corrected chi connectivity index (χ3v) is 3.78. The molecule has 0 radical (unpaired) electrons. The Morgan fingerprint density at radius 2 is 2.25 bits per heavy atom. The Balaban J connectivity index is 2.80. The van der Waals surface area contributed by atoms with Gasteiger partial charge in [0.15, 0.2) is 0 Å². The summed E-state index contributed by atoms with van der Waals surface area (Å²) in [4.78, 5) is 1.26. The van der Waals surface area contributed by atoms with E-state index in [1.54, 1.807) is 11.3 Å². The molecule has 0 saturated carbocycles. The van der Waals surface area contributed by atoms with Crippen molar-refractivity contribution in [3.63, 3.8) is 0 Å². The molecule has 0 aliphatic rings. The number of aliphatic hydroxyl groups is 1. The van der Waals surface area contributed by atoms with Gasteiger partial charge in [0.2, 0.25) is 0 Å². The number of hydrogen-bond acceptors (Lipinski definition) is 2. The summed E-state index contributed by atoms with van der Waals surface area (Å²) in [6, 6.07) is 2.09. The van der Waals surface area contributed by atoms with Gasteiger partial charge in [0.1, 0.15) is 0 Å². The standard InChI is InChI=1S/C9H13BrOS/c1-6(2)8(4-11)9-3-7(10)5-12-9/h3,5-6,8,11H,4H2,1-2H3. The molecule has 1 rings (SSSR count). The summed E-state index contributed by atoms with van der Waals surface area (Å²) < 4.78 is 1.11. The topological polar surface area (TPSA) is 20.2 Å². The third-order valence-electron chi connectivity index (χ3n) is 1.95. The summed E-state index contributed by atoms with van der Waals surface area (Å²) in [5, 5.41) is 11.2. The van der Waals surface area contributed by atoms with E-state index < -0.39 is 0 Å². The maximum absolute atomic E-state index is 9.15. The second-order valence-electron chi connectivity index (χ2n) is 3.20. The van der Waals surface area contributed by atoms with Crippen molar-refractivity contribution in [1.82, 2.24) is 0 Å². The van der Waals surface area contributed by atoms with Gasteiger partial charge in [0.05, 0.1) is 6.61 Å². The van der Waals surface area contributed by atoms with Crippen LogP contribution >= 0.6 is 27.3 Å². The zero-order valence-electron chi connectivity index (χ0n) is 7.25. The van der Waals surface area contributed by atoms with Crippen molar-refractivity contribution in [2.45, 2.75) is 19.8 Å². The molecule has 0 saturated heterocycles. The van der Waals surface area contributed by atoms with E-state index in [2.05, 4.69) is 41.2 Å². The number of hydrogen-bond donors (Lipinski definition) is 1. The predicted molar refractivity (Wildman–Crippen MR) is 56.7 cm³/mol. The molecule has 1 aromatic heterocycles. The first kappa shape index (κ1) is 10.2. The molecule has 1 N–H and O–H groups in total. The first-order chi connectivity index (χ1) is 5.65. The maximum Gasteiger partial charge on any atom is 0.0510 e. The Morgan fingerprint density at radius 1 is 1.58 bits per heavy atom. The summed E-state index contributed by atoms with van der Waals surface area (Å²) in [6.07, 6.45) is 0. The van der Waals surface area contributed by atoms with Crippen molar-refractivity contribution in [2.24, 2.45) is 5.92 Å². The second kappa shape index (κ2) is 4.40. The van der Waals surface area contributed by atoms with Gasteiger partial charge in [-0.05, 0) is 27.9 Å². The minimum Gasteiger partial charge on any atom is -0.396 e. The fraction of sp³-hybridized carbons (Fsp3) is 0.556. The van der Waals surface area contributed by atoms with Gasteiger partial charge in [-0.25, -0.2) is 0 Å². The van der Waals surface area contributed by atoms with Crippen molar-refractivity contribution in [2.75, 3.05) is 6.61 Å². The van der Waals surface area contributed by atoms with Gasteiger partial charge in [-0.3, -0.25) is 0 Å². The smallest absolute Gasteiger partial charge is 0.0510 e. The van der Waals surface area contributed by atoms with Crippen molar-refractivity contribution >= 4 is 27.3 Å². The Morgan fingerprint density at radius 3 is 2.58 bits per heavy atom. The quantitative estimate of drug-likeness (QED) is 0.871. The Hall–Kier alpha value is 0.140. The molecule has 0 amide bonds. The van der Waals surface area contributed by atoms with Crippen molar-refractivity contribution in [1.29, 1.82) is 0 Å². The zero-order chi connectivity index (χ0) is 9.14. The molecule has 0 aromatic carbocycles. The zero-order valence-corrected chi connectivity index (χ0v) is 9.65. The van der Waals surface area contributed by atoms with Crippen molar-refractivity contribution in [3.8, 4) is 0 Å². The molecule has 68 valence electrons. The van der Waals surface area contributed by atoms with Crippen LogP contribution in [0.15, 0.2) is 15.9 Å². The monoisotopic (exact) mass is 248 g/mol. The minimum absolute atomic E-state index is 0.241. The molecule has 1 heterocycles. The van der Waals surface area contributed by atoms with Crippen molar-refractivity contribution in [3.05, 3.63) is 20.8 Å². The van der Waals surface area contributed by atoms with E-state index in [0.717, 1.165) is 4.47 Å². The van der Waals surface area contributed by atoms with Gasteiger partial charge in [-0.1, -0.05) is 13.8 Å². The van der Waals surface area contributed by atoms with Crippen LogP contribution in [0.3, 0.4) is 0 Å². The highest BCUT2D eigenvalue weighted by Gasteiger charge is 2.16. The van der Waals surface area contributed by atoms with E-state index in [9.17, 15) is 0 Å². The molecule has 0 aliphatic heterocycles. The first-order valence-corrected chi connectivity index (χ1v) is 5.67. The average molecular weight is 249 g/mol. The lowest BCUT2D eigenvalue weighted by atomic mass is 9.95. The van der Waals surface area contributed by atoms with Crippen LogP contribution in [0.5, 0.6) is 0 Å². The molecule has 0 aliphatic carbocycles. The van der Waals surface area contributed by atoms with Crippen LogP contribution in [-0.2, 0) is 0 Å². The van der Waals surface area contributed by atoms with Crippen LogP contribution in [0.1, 0.15) is 24.6 Å². The normalized spacial score (nSPS) is 13.8. The molecule has 1 nitrogen and oxygen atoms in total. The van der Waals surface area contributed by atoms with Gasteiger partial charge in [0, 0.05) is 20.6 Å². The van der Waals surface area contributed by atoms with Gasteiger partial charge < -0.3 is 5.11 Å². The SMILES string of the molecule is CC(C)C(CO)c1cc(Br)cs1. The van der Waals surface area contributed by atoms with Gasteiger partial charge in [-0.15, -0.1) is 11.3 Å². The van der Waals surface area contributed by atoms with Crippen LogP contribution in [0, 0.1) is 5.92 Å². The Kier molecular flexibility index (Phi) is 3.75. The highest BCUT2D eigenvalue weighted by molar-refractivity contribution is 9.10. The fourth-order valence-electron chi connectivity index (χ4n) is 1.15. The molecule has 0 bridgehead atoms. The van der Waals surface area contributed by atoms with Gasteiger partial charge in [-0.2, -0.15) is 0 Å². The summed E-state index contributed by atoms with van der Waals surface area (Å²) in [5.41, 5.74) is 0. The second-order valence-corrected chi connectivity index (χ2v) is 5.06. The summed E-state index contributed by atoms with van der Waals surface area (Å²) >= 11 is 5.11. The van der Waals surface area contributed by atoms with Gasteiger partial charge >= 0.3 is 0 Å². The van der Waals surface area contributed by atoms with E-state index in [1.165, 1.54) is 4.88 Å². The average Bonchev–Trinajstić information content (AvgIpc) is 2.37. The molecule has 1 unspecified atom stereocenters. The molecule has 1 atom stereocenters. The highest BCUT2D eigenvalue weighted by Crippen LogP contribution is 2.31. The largest absolute Gasteiger partial charge is 0.396 e. The molecule has 0 fully saturated rings. The lowest BCUT2D eigenvalue weighted by Gasteiger charge is -2.15. The van der Waals surface area contributed by atoms with E-state index >= 15 is 0 Å². The van der Waals surface area contributed by atoms with Crippen LogP contribution in [-0.4, -0.2) is 11.7 Å². The van der Waals surface area contributed by atoms with E-state index in [4.69, 9.17) is 5.11 Å². The Bertz CT molecular complexity index is 244. The molecule has 12 heavy (non-hydrogen) atoms. The summed E-state index contributed by atoms with van der Waals surface area (Å²) in [7, 11) is 0. The van der Waals surface area contributed by atoms with E-state index in [-0.39, 0.29) is 6.61 Å². The van der Waals surface area contributed by atoms with Gasteiger partial charge in [0.25, 0.3) is 0 Å². The van der Waals surface area contributed by atoms with E-state index in [1.807, 2.05) is 0 Å². The molecular weight excluding hydrogens is 236 g/mol. The van der Waals surface area contributed by atoms with Crippen LogP contribution in [0.25, 0.3) is 0 Å².